The Kier molecular flexibility index (Phi) is 3.36. The van der Waals surface area contributed by atoms with Crippen LogP contribution in [0.4, 0.5) is 4.39 Å². The Labute approximate surface area is 148 Å². The van der Waals surface area contributed by atoms with E-state index in [2.05, 4.69) is 22.1 Å². The molecule has 1 N–H and O–H groups in total. The molecule has 6 nitrogen and oxygen atoms in total. The molecule has 0 saturated heterocycles. The first-order valence-electron chi connectivity index (χ1n) is 8.46. The highest BCUT2D eigenvalue weighted by atomic mass is 19.1. The third-order valence-corrected chi connectivity index (χ3v) is 4.77. The molecule has 1 aromatic carbocycles. The zero-order valence-electron chi connectivity index (χ0n) is 14.1. The number of pyridine rings is 1. The highest BCUT2D eigenvalue weighted by Crippen LogP contribution is 2.40. The van der Waals surface area contributed by atoms with Gasteiger partial charge < -0.3 is 4.74 Å². The summed E-state index contributed by atoms with van der Waals surface area (Å²) in [6.07, 6.45) is 3.52. The molecule has 5 rings (SSSR count). The summed E-state index contributed by atoms with van der Waals surface area (Å²) in [7, 11) is 0. The van der Waals surface area contributed by atoms with Crippen molar-refractivity contribution in [2.75, 3.05) is 6.61 Å². The maximum absolute atomic E-state index is 13.4. The maximum atomic E-state index is 13.4. The predicted octanol–water partition coefficient (Wildman–Crippen LogP) is 3.72. The van der Waals surface area contributed by atoms with Crippen LogP contribution in [-0.4, -0.2) is 31.6 Å². The van der Waals surface area contributed by atoms with E-state index in [1.807, 2.05) is 10.7 Å². The van der Waals surface area contributed by atoms with Crippen LogP contribution in [0.2, 0.25) is 0 Å². The molecule has 0 radical (unpaired) electrons. The van der Waals surface area contributed by atoms with Crippen LogP contribution in [0.15, 0.2) is 42.7 Å². The summed E-state index contributed by atoms with van der Waals surface area (Å²) in [6, 6.07) is 8.52. The second kappa shape index (κ2) is 5.74. The second-order valence-electron chi connectivity index (χ2n) is 6.48. The lowest BCUT2D eigenvalue weighted by atomic mass is 9.97. The standard InChI is InChI=1S/C19H16FN5O/c1-11-9-26-10-16-17(14-6-7-21-19-15(14)8-22-23-19)18(24-25(11)16)12-2-4-13(20)5-3-12/h2-8,11H,9-10H2,1H3,(H,21,22,23). The number of H-pyrrole nitrogens is 1. The van der Waals surface area contributed by atoms with Gasteiger partial charge in [0.05, 0.1) is 31.1 Å². The minimum atomic E-state index is -0.267. The normalized spacial score (nSPS) is 16.8. The summed E-state index contributed by atoms with van der Waals surface area (Å²) in [6.45, 7) is 3.18. The fraction of sp³-hybridized carbons (Fsp3) is 0.211. The molecular formula is C19H16FN5O. The number of nitrogens with zero attached hydrogens (tertiary/aromatic N) is 4. The number of hydrogen-bond donors (Lipinski definition) is 1. The molecule has 0 aliphatic carbocycles. The number of aromatic nitrogens is 5. The zero-order chi connectivity index (χ0) is 17.7. The van der Waals surface area contributed by atoms with Gasteiger partial charge in [0.1, 0.15) is 11.5 Å². The van der Waals surface area contributed by atoms with Gasteiger partial charge >= 0.3 is 0 Å². The fourth-order valence-corrected chi connectivity index (χ4v) is 3.53. The topological polar surface area (TPSA) is 68.6 Å². The number of hydrogen-bond acceptors (Lipinski definition) is 4. The first-order valence-corrected chi connectivity index (χ1v) is 8.46. The van der Waals surface area contributed by atoms with Gasteiger partial charge in [-0.2, -0.15) is 10.2 Å². The number of aromatic amines is 1. The lowest BCUT2D eigenvalue weighted by molar-refractivity contribution is 0.0580. The van der Waals surface area contributed by atoms with Gasteiger partial charge in [0.2, 0.25) is 0 Å². The molecule has 0 amide bonds. The third-order valence-electron chi connectivity index (χ3n) is 4.77. The van der Waals surface area contributed by atoms with E-state index < -0.39 is 0 Å². The Balaban J connectivity index is 1.83. The summed E-state index contributed by atoms with van der Waals surface area (Å²) in [5, 5.41) is 12.8. The molecule has 0 saturated carbocycles. The Morgan fingerprint density at radius 2 is 2.08 bits per heavy atom. The molecular weight excluding hydrogens is 333 g/mol. The molecule has 7 heteroatoms. The van der Waals surface area contributed by atoms with Crippen LogP contribution in [-0.2, 0) is 11.3 Å². The van der Waals surface area contributed by atoms with Crippen molar-refractivity contribution in [3.05, 3.63) is 54.2 Å². The minimum absolute atomic E-state index is 0.133. The molecule has 0 fully saturated rings. The fourth-order valence-electron chi connectivity index (χ4n) is 3.53. The number of benzene rings is 1. The van der Waals surface area contributed by atoms with Gasteiger partial charge in [-0.05, 0) is 42.8 Å². The number of rotatable bonds is 2. The summed E-state index contributed by atoms with van der Waals surface area (Å²) < 4.78 is 21.2. The summed E-state index contributed by atoms with van der Waals surface area (Å²) in [5.41, 5.74) is 5.38. The molecule has 130 valence electrons. The highest BCUT2D eigenvalue weighted by Gasteiger charge is 2.27. The van der Waals surface area contributed by atoms with Crippen LogP contribution in [0.3, 0.4) is 0 Å². The molecule has 26 heavy (non-hydrogen) atoms. The van der Waals surface area contributed by atoms with Crippen LogP contribution in [0.1, 0.15) is 18.7 Å². The van der Waals surface area contributed by atoms with E-state index in [4.69, 9.17) is 9.84 Å². The molecule has 1 aliphatic rings. The van der Waals surface area contributed by atoms with Crippen LogP contribution >= 0.6 is 0 Å². The first-order chi connectivity index (χ1) is 12.7. The summed E-state index contributed by atoms with van der Waals surface area (Å²) in [5.74, 6) is -0.267. The average molecular weight is 349 g/mol. The van der Waals surface area contributed by atoms with E-state index in [1.165, 1.54) is 12.1 Å². The minimum Gasteiger partial charge on any atom is -0.373 e. The Bertz CT molecular complexity index is 1100. The van der Waals surface area contributed by atoms with Crippen molar-refractivity contribution in [1.29, 1.82) is 0 Å². The van der Waals surface area contributed by atoms with E-state index >= 15 is 0 Å². The van der Waals surface area contributed by atoms with Crippen molar-refractivity contribution in [1.82, 2.24) is 25.0 Å². The Hall–Kier alpha value is -3.06. The van der Waals surface area contributed by atoms with E-state index in [1.54, 1.807) is 24.5 Å². The largest absolute Gasteiger partial charge is 0.373 e. The van der Waals surface area contributed by atoms with Gasteiger partial charge in [-0.3, -0.25) is 9.78 Å². The highest BCUT2D eigenvalue weighted by molar-refractivity contribution is 5.97. The van der Waals surface area contributed by atoms with E-state index in [9.17, 15) is 4.39 Å². The number of ether oxygens (including phenoxy) is 1. The van der Waals surface area contributed by atoms with Gasteiger partial charge in [0, 0.05) is 22.7 Å². The average Bonchev–Trinajstić information content (AvgIpc) is 3.27. The zero-order valence-corrected chi connectivity index (χ0v) is 14.1. The number of nitrogens with one attached hydrogen (secondary N) is 1. The third kappa shape index (κ3) is 2.24. The molecule has 4 heterocycles. The van der Waals surface area contributed by atoms with Crippen LogP contribution in [0, 0.1) is 5.82 Å². The Morgan fingerprint density at radius 3 is 2.92 bits per heavy atom. The van der Waals surface area contributed by atoms with Crippen molar-refractivity contribution < 1.29 is 9.13 Å². The van der Waals surface area contributed by atoms with E-state index in [0.717, 1.165) is 39.1 Å². The van der Waals surface area contributed by atoms with Gasteiger partial charge in [0.15, 0.2) is 5.65 Å². The molecule has 4 aromatic rings. The lowest BCUT2D eigenvalue weighted by Crippen LogP contribution is -2.22. The second-order valence-corrected chi connectivity index (χ2v) is 6.48. The van der Waals surface area contributed by atoms with Crippen LogP contribution < -0.4 is 0 Å². The molecule has 3 aromatic heterocycles. The van der Waals surface area contributed by atoms with E-state index in [-0.39, 0.29) is 11.9 Å². The van der Waals surface area contributed by atoms with Crippen molar-refractivity contribution in [3.63, 3.8) is 0 Å². The van der Waals surface area contributed by atoms with Crippen molar-refractivity contribution in [2.45, 2.75) is 19.6 Å². The SMILES string of the molecule is CC1COCc2c(-c3ccnc4[nH]ncc34)c(-c3ccc(F)cc3)nn21. The van der Waals surface area contributed by atoms with Crippen molar-refractivity contribution in [2.24, 2.45) is 0 Å². The van der Waals surface area contributed by atoms with Gasteiger partial charge in [0.25, 0.3) is 0 Å². The predicted molar refractivity (Wildman–Crippen MR) is 94.9 cm³/mol. The number of halogens is 1. The Morgan fingerprint density at radius 1 is 1.23 bits per heavy atom. The monoisotopic (exact) mass is 349 g/mol. The molecule has 1 aliphatic heterocycles. The lowest BCUT2D eigenvalue weighted by Gasteiger charge is -2.22. The smallest absolute Gasteiger partial charge is 0.155 e. The maximum Gasteiger partial charge on any atom is 0.155 e. The van der Waals surface area contributed by atoms with E-state index in [0.29, 0.717) is 13.2 Å². The van der Waals surface area contributed by atoms with Crippen LogP contribution in [0.5, 0.6) is 0 Å². The van der Waals surface area contributed by atoms with Gasteiger partial charge in [-0.1, -0.05) is 0 Å². The quantitative estimate of drug-likeness (QED) is 0.599. The van der Waals surface area contributed by atoms with Gasteiger partial charge in [-0.25, -0.2) is 9.37 Å². The van der Waals surface area contributed by atoms with Crippen LogP contribution in [0.25, 0.3) is 33.4 Å². The molecule has 0 bridgehead atoms. The first kappa shape index (κ1) is 15.2. The van der Waals surface area contributed by atoms with Crippen molar-refractivity contribution in [3.8, 4) is 22.4 Å². The summed E-state index contributed by atoms with van der Waals surface area (Å²) in [4.78, 5) is 4.33. The molecule has 1 unspecified atom stereocenters. The number of fused-ring (bicyclic) bond motifs is 2. The van der Waals surface area contributed by atoms with Gasteiger partial charge in [-0.15, -0.1) is 0 Å². The summed E-state index contributed by atoms with van der Waals surface area (Å²) >= 11 is 0. The molecule has 0 spiro atoms. The van der Waals surface area contributed by atoms with Crippen molar-refractivity contribution >= 4 is 11.0 Å². The molecule has 1 atom stereocenters.